The molecule has 2 aromatic rings. The minimum absolute atomic E-state index is 0.700. The van der Waals surface area contributed by atoms with E-state index >= 15 is 0 Å². The van der Waals surface area contributed by atoms with Crippen molar-refractivity contribution in [1.29, 1.82) is 0 Å². The van der Waals surface area contributed by atoms with Crippen molar-refractivity contribution in [2.24, 2.45) is 0 Å². The molecule has 0 radical (unpaired) electrons. The van der Waals surface area contributed by atoms with E-state index in [0.29, 0.717) is 5.92 Å². The Kier molecular flexibility index (Phi) is 2.16. The molecular weight excluding hydrogens is 256 g/mol. The summed E-state index contributed by atoms with van der Waals surface area (Å²) in [5.41, 5.74) is 4.64. The summed E-state index contributed by atoms with van der Waals surface area (Å²) in [6.07, 6.45) is 5.98. The van der Waals surface area contributed by atoms with E-state index in [0.717, 1.165) is 16.6 Å². The van der Waals surface area contributed by atoms with Crippen molar-refractivity contribution in [2.75, 3.05) is 0 Å². The number of furan rings is 1. The van der Waals surface area contributed by atoms with Crippen LogP contribution in [0.2, 0.25) is 0 Å². The van der Waals surface area contributed by atoms with E-state index in [1.54, 1.807) is 12.5 Å². The molecule has 0 atom stereocenters. The minimum atomic E-state index is 0.700. The molecule has 0 unspecified atom stereocenters. The largest absolute Gasteiger partial charge is 0.472 e. The normalized spacial score (nSPS) is 15.8. The van der Waals surface area contributed by atoms with Gasteiger partial charge in [-0.2, -0.15) is 5.10 Å². The first-order valence-corrected chi connectivity index (χ1v) is 6.18. The lowest BCUT2D eigenvalue weighted by atomic mass is 10.1. The summed E-state index contributed by atoms with van der Waals surface area (Å²) in [5, 5.41) is 8.37. The number of H-pyrrole nitrogens is 1. The van der Waals surface area contributed by atoms with Crippen LogP contribution in [0.15, 0.2) is 23.0 Å². The summed E-state index contributed by atoms with van der Waals surface area (Å²) in [5.74, 6) is 0.700. The van der Waals surface area contributed by atoms with Crippen LogP contribution in [-0.2, 0) is 5.33 Å². The molecule has 4 heteroatoms. The molecule has 1 saturated carbocycles. The van der Waals surface area contributed by atoms with Gasteiger partial charge in [0.15, 0.2) is 0 Å². The molecule has 78 valence electrons. The average Bonchev–Trinajstić information content (AvgIpc) is 2.83. The molecule has 0 aliphatic heterocycles. The fourth-order valence-corrected chi connectivity index (χ4v) is 2.43. The van der Waals surface area contributed by atoms with Crippen molar-refractivity contribution in [2.45, 2.75) is 24.1 Å². The molecule has 15 heavy (non-hydrogen) atoms. The standard InChI is InChI=1S/C11H11BrN2O/c12-5-9-10(7-1-2-7)13-14-11(9)8-3-4-15-6-8/h3-4,6-7H,1-2,5H2,(H,13,14). The summed E-state index contributed by atoms with van der Waals surface area (Å²) in [6, 6.07) is 1.94. The summed E-state index contributed by atoms with van der Waals surface area (Å²) in [7, 11) is 0. The lowest BCUT2D eigenvalue weighted by molar-refractivity contribution is 0.568. The Bertz CT molecular complexity index is 457. The highest BCUT2D eigenvalue weighted by atomic mass is 79.9. The fraction of sp³-hybridized carbons (Fsp3) is 0.364. The van der Waals surface area contributed by atoms with E-state index in [-0.39, 0.29) is 0 Å². The van der Waals surface area contributed by atoms with Gasteiger partial charge < -0.3 is 4.42 Å². The second kappa shape index (κ2) is 3.52. The molecule has 0 amide bonds. The number of hydrogen-bond donors (Lipinski definition) is 1. The molecule has 2 aromatic heterocycles. The van der Waals surface area contributed by atoms with E-state index in [9.17, 15) is 0 Å². The van der Waals surface area contributed by atoms with E-state index in [1.165, 1.54) is 24.1 Å². The van der Waals surface area contributed by atoms with E-state index in [2.05, 4.69) is 26.1 Å². The van der Waals surface area contributed by atoms with Crippen LogP contribution in [-0.4, -0.2) is 10.2 Å². The number of halogens is 1. The Balaban J connectivity index is 2.07. The van der Waals surface area contributed by atoms with Gasteiger partial charge in [-0.05, 0) is 18.9 Å². The number of alkyl halides is 1. The van der Waals surface area contributed by atoms with Gasteiger partial charge in [0, 0.05) is 28.1 Å². The zero-order chi connectivity index (χ0) is 10.3. The summed E-state index contributed by atoms with van der Waals surface area (Å²) < 4.78 is 5.08. The molecule has 0 spiro atoms. The van der Waals surface area contributed by atoms with E-state index < -0.39 is 0 Å². The van der Waals surface area contributed by atoms with Gasteiger partial charge in [-0.25, -0.2) is 0 Å². The summed E-state index contributed by atoms with van der Waals surface area (Å²) in [6.45, 7) is 0. The van der Waals surface area contributed by atoms with Crippen LogP contribution in [0.25, 0.3) is 11.3 Å². The second-order valence-electron chi connectivity index (χ2n) is 3.88. The van der Waals surface area contributed by atoms with E-state index in [4.69, 9.17) is 4.42 Å². The number of aromatic nitrogens is 2. The van der Waals surface area contributed by atoms with Crippen molar-refractivity contribution in [3.05, 3.63) is 29.9 Å². The number of nitrogens with one attached hydrogen (secondary N) is 1. The third-order valence-electron chi connectivity index (χ3n) is 2.81. The SMILES string of the molecule is BrCc1c(-c2ccoc2)n[nH]c1C1CC1. The van der Waals surface area contributed by atoms with Gasteiger partial charge in [0.25, 0.3) is 0 Å². The molecule has 1 aliphatic rings. The molecule has 1 aliphatic carbocycles. The Morgan fingerprint density at radius 2 is 2.40 bits per heavy atom. The number of hydrogen-bond acceptors (Lipinski definition) is 2. The highest BCUT2D eigenvalue weighted by Crippen LogP contribution is 2.43. The molecule has 1 N–H and O–H groups in total. The van der Waals surface area contributed by atoms with Gasteiger partial charge in [0.05, 0.1) is 18.2 Å². The van der Waals surface area contributed by atoms with Gasteiger partial charge >= 0.3 is 0 Å². The number of rotatable bonds is 3. The third-order valence-corrected chi connectivity index (χ3v) is 3.37. The second-order valence-corrected chi connectivity index (χ2v) is 4.45. The Morgan fingerprint density at radius 3 is 3.00 bits per heavy atom. The van der Waals surface area contributed by atoms with Gasteiger partial charge in [-0.15, -0.1) is 0 Å². The molecule has 1 fully saturated rings. The monoisotopic (exact) mass is 266 g/mol. The third kappa shape index (κ3) is 1.53. The lowest BCUT2D eigenvalue weighted by Crippen LogP contribution is -1.86. The first-order chi connectivity index (χ1) is 7.40. The first kappa shape index (κ1) is 9.21. The van der Waals surface area contributed by atoms with Crippen molar-refractivity contribution < 1.29 is 4.42 Å². The maximum atomic E-state index is 5.08. The lowest BCUT2D eigenvalue weighted by Gasteiger charge is -1.98. The van der Waals surface area contributed by atoms with Crippen LogP contribution in [0.3, 0.4) is 0 Å². The van der Waals surface area contributed by atoms with Crippen molar-refractivity contribution >= 4 is 15.9 Å². The van der Waals surface area contributed by atoms with Crippen molar-refractivity contribution in [3.8, 4) is 11.3 Å². The topological polar surface area (TPSA) is 41.8 Å². The average molecular weight is 267 g/mol. The molecule has 0 aromatic carbocycles. The number of aromatic amines is 1. The molecule has 0 saturated heterocycles. The van der Waals surface area contributed by atoms with Gasteiger partial charge in [0.1, 0.15) is 0 Å². The van der Waals surface area contributed by atoms with Crippen LogP contribution in [0, 0.1) is 0 Å². The molecular formula is C11H11BrN2O. The Hall–Kier alpha value is -1.03. The maximum absolute atomic E-state index is 5.08. The van der Waals surface area contributed by atoms with Gasteiger partial charge in [0.2, 0.25) is 0 Å². The van der Waals surface area contributed by atoms with Crippen LogP contribution in [0.1, 0.15) is 30.0 Å². The Morgan fingerprint density at radius 1 is 1.53 bits per heavy atom. The predicted molar refractivity (Wildman–Crippen MR) is 60.9 cm³/mol. The highest BCUT2D eigenvalue weighted by Gasteiger charge is 2.29. The quantitative estimate of drug-likeness (QED) is 0.865. The zero-order valence-electron chi connectivity index (χ0n) is 8.16. The van der Waals surface area contributed by atoms with Crippen LogP contribution < -0.4 is 0 Å². The van der Waals surface area contributed by atoms with E-state index in [1.807, 2.05) is 6.07 Å². The fourth-order valence-electron chi connectivity index (χ4n) is 1.86. The first-order valence-electron chi connectivity index (χ1n) is 5.06. The zero-order valence-corrected chi connectivity index (χ0v) is 9.75. The molecule has 3 rings (SSSR count). The summed E-state index contributed by atoms with van der Waals surface area (Å²) >= 11 is 3.53. The highest BCUT2D eigenvalue weighted by molar-refractivity contribution is 9.08. The maximum Gasteiger partial charge on any atom is 0.0997 e. The summed E-state index contributed by atoms with van der Waals surface area (Å²) in [4.78, 5) is 0. The Labute approximate surface area is 96.0 Å². The molecule has 2 heterocycles. The van der Waals surface area contributed by atoms with Crippen molar-refractivity contribution in [3.63, 3.8) is 0 Å². The van der Waals surface area contributed by atoms with Gasteiger partial charge in [-0.3, -0.25) is 5.10 Å². The van der Waals surface area contributed by atoms with Crippen molar-refractivity contribution in [1.82, 2.24) is 10.2 Å². The molecule has 3 nitrogen and oxygen atoms in total. The predicted octanol–water partition coefficient (Wildman–Crippen LogP) is 3.44. The van der Waals surface area contributed by atoms with Crippen LogP contribution >= 0.6 is 15.9 Å². The molecule has 0 bridgehead atoms. The minimum Gasteiger partial charge on any atom is -0.472 e. The number of nitrogens with zero attached hydrogens (tertiary/aromatic N) is 1. The van der Waals surface area contributed by atoms with Gasteiger partial charge in [-0.1, -0.05) is 15.9 Å². The van der Waals surface area contributed by atoms with Crippen LogP contribution in [0.4, 0.5) is 0 Å². The smallest absolute Gasteiger partial charge is 0.0997 e. The van der Waals surface area contributed by atoms with Crippen LogP contribution in [0.5, 0.6) is 0 Å².